The quantitative estimate of drug-likeness (QED) is 0.0261. The van der Waals surface area contributed by atoms with Crippen molar-refractivity contribution in [3.63, 3.8) is 0 Å². The molecule has 0 N–H and O–H groups in total. The molecule has 1 atom stereocenters. The van der Waals surface area contributed by atoms with E-state index in [-0.39, 0.29) is 31.1 Å². The van der Waals surface area contributed by atoms with E-state index in [1.807, 2.05) is 0 Å². The van der Waals surface area contributed by atoms with Crippen LogP contribution in [0.5, 0.6) is 0 Å². The monoisotopic (exact) mass is 1140 g/mol. The molecule has 0 aromatic rings. The molecule has 0 amide bonds. The molecule has 6 heteroatoms. The first kappa shape index (κ1) is 78.4. The number of hydrogen-bond donors (Lipinski definition) is 0. The van der Waals surface area contributed by atoms with Crippen LogP contribution in [-0.2, 0) is 28.6 Å². The molecule has 1 unspecified atom stereocenters. The fourth-order valence-electron chi connectivity index (χ4n) is 10.9. The summed E-state index contributed by atoms with van der Waals surface area (Å²) in [6.45, 7) is 6.68. The maximum Gasteiger partial charge on any atom is 0.306 e. The lowest BCUT2D eigenvalue weighted by Crippen LogP contribution is -2.30. The van der Waals surface area contributed by atoms with E-state index in [2.05, 4.69) is 69.4 Å². The van der Waals surface area contributed by atoms with E-state index < -0.39 is 6.10 Å². The smallest absolute Gasteiger partial charge is 0.306 e. The number of allylic oxidation sites excluding steroid dienone is 8. The minimum absolute atomic E-state index is 0.0699. The Morgan fingerprint density at radius 1 is 0.247 bits per heavy atom. The maximum absolute atomic E-state index is 12.9. The molecule has 0 aromatic heterocycles. The summed E-state index contributed by atoms with van der Waals surface area (Å²) in [5.41, 5.74) is 0. The average molecular weight is 1140 g/mol. The van der Waals surface area contributed by atoms with Crippen LogP contribution in [0.3, 0.4) is 0 Å². The number of esters is 3. The summed E-state index contributed by atoms with van der Waals surface area (Å²) in [6, 6.07) is 0. The van der Waals surface area contributed by atoms with Crippen LogP contribution in [0.25, 0.3) is 0 Å². The fourth-order valence-corrected chi connectivity index (χ4v) is 10.9. The van der Waals surface area contributed by atoms with Crippen LogP contribution >= 0.6 is 0 Å². The first-order chi connectivity index (χ1) is 40.0. The molecule has 0 rings (SSSR count). The molecule has 0 heterocycles. The highest BCUT2D eigenvalue weighted by Gasteiger charge is 2.19. The van der Waals surface area contributed by atoms with Crippen LogP contribution in [0.1, 0.15) is 393 Å². The molecule has 0 radical (unpaired) electrons. The Hall–Kier alpha value is -2.63. The summed E-state index contributed by atoms with van der Waals surface area (Å²) in [5.74, 6) is -0.848. The van der Waals surface area contributed by atoms with Crippen LogP contribution < -0.4 is 0 Å². The van der Waals surface area contributed by atoms with Gasteiger partial charge in [-0.25, -0.2) is 0 Å². The molecule has 0 fully saturated rings. The third-order valence-corrected chi connectivity index (χ3v) is 16.3. The summed E-state index contributed by atoms with van der Waals surface area (Å²) in [6.07, 6.45) is 88.6. The van der Waals surface area contributed by atoms with Gasteiger partial charge in [-0.15, -0.1) is 0 Å². The minimum atomic E-state index is -0.773. The minimum Gasteiger partial charge on any atom is -0.462 e. The van der Waals surface area contributed by atoms with Crippen LogP contribution in [-0.4, -0.2) is 37.2 Å². The standard InChI is InChI=1S/C75H138O6/c1-4-7-10-13-16-19-22-24-26-28-30-32-34-36-37-39-40-42-44-46-48-50-53-56-59-62-65-68-74(77)80-71-72(70-79-73(76)67-64-61-58-55-52-21-18-15-12-9-6-3)81-75(78)69-66-63-60-57-54-51-49-47-45-43-41-38-35-33-31-29-27-25-23-20-17-14-11-8-5-2/h23,25,28-31,35,38,72H,4-22,24,26-27,32-34,36-37,39-71H2,1-3H3/b25-23-,30-28-,31-29-,38-35-. The van der Waals surface area contributed by atoms with Crippen molar-refractivity contribution in [1.82, 2.24) is 0 Å². The van der Waals surface area contributed by atoms with Crippen molar-refractivity contribution in [3.8, 4) is 0 Å². The molecule has 0 saturated carbocycles. The molecule has 0 aliphatic heterocycles. The summed E-state index contributed by atoms with van der Waals surface area (Å²) in [5, 5.41) is 0. The first-order valence-corrected chi connectivity index (χ1v) is 36.1. The van der Waals surface area contributed by atoms with Crippen molar-refractivity contribution in [1.29, 1.82) is 0 Å². The largest absolute Gasteiger partial charge is 0.462 e. The lowest BCUT2D eigenvalue weighted by atomic mass is 10.0. The zero-order valence-electron chi connectivity index (χ0n) is 54.6. The number of carbonyl (C=O) groups excluding carboxylic acids is 3. The first-order valence-electron chi connectivity index (χ1n) is 36.1. The van der Waals surface area contributed by atoms with Gasteiger partial charge in [0.2, 0.25) is 0 Å². The highest BCUT2D eigenvalue weighted by molar-refractivity contribution is 5.71. The van der Waals surface area contributed by atoms with E-state index in [1.165, 1.54) is 283 Å². The summed E-state index contributed by atoms with van der Waals surface area (Å²) >= 11 is 0. The van der Waals surface area contributed by atoms with E-state index in [9.17, 15) is 14.4 Å². The van der Waals surface area contributed by atoms with Gasteiger partial charge in [-0.3, -0.25) is 14.4 Å². The van der Waals surface area contributed by atoms with Gasteiger partial charge in [0, 0.05) is 19.3 Å². The van der Waals surface area contributed by atoms with Gasteiger partial charge in [0.25, 0.3) is 0 Å². The number of ether oxygens (including phenoxy) is 3. The topological polar surface area (TPSA) is 78.9 Å². The van der Waals surface area contributed by atoms with Crippen LogP contribution in [0, 0.1) is 0 Å². The van der Waals surface area contributed by atoms with Crippen molar-refractivity contribution in [2.45, 2.75) is 399 Å². The lowest BCUT2D eigenvalue weighted by molar-refractivity contribution is -0.167. The van der Waals surface area contributed by atoms with Crippen molar-refractivity contribution >= 4 is 17.9 Å². The third kappa shape index (κ3) is 68.0. The molecule has 0 bridgehead atoms. The molecule has 6 nitrogen and oxygen atoms in total. The molecular formula is C75H138O6. The van der Waals surface area contributed by atoms with E-state index in [1.54, 1.807) is 0 Å². The van der Waals surface area contributed by atoms with Gasteiger partial charge in [-0.2, -0.15) is 0 Å². The summed E-state index contributed by atoms with van der Waals surface area (Å²) < 4.78 is 17.0. The van der Waals surface area contributed by atoms with Crippen molar-refractivity contribution in [3.05, 3.63) is 48.6 Å². The maximum atomic E-state index is 12.9. The predicted molar refractivity (Wildman–Crippen MR) is 353 cm³/mol. The van der Waals surface area contributed by atoms with Crippen LogP contribution in [0.4, 0.5) is 0 Å². The van der Waals surface area contributed by atoms with Gasteiger partial charge >= 0.3 is 17.9 Å². The Balaban J connectivity index is 4.19. The molecule has 0 aliphatic carbocycles. The van der Waals surface area contributed by atoms with Crippen LogP contribution in [0.2, 0.25) is 0 Å². The molecule has 81 heavy (non-hydrogen) atoms. The van der Waals surface area contributed by atoms with Crippen molar-refractivity contribution in [2.75, 3.05) is 13.2 Å². The van der Waals surface area contributed by atoms with E-state index >= 15 is 0 Å². The normalized spacial score (nSPS) is 12.3. The number of hydrogen-bond acceptors (Lipinski definition) is 6. The molecule has 0 saturated heterocycles. The number of carbonyl (C=O) groups is 3. The summed E-state index contributed by atoms with van der Waals surface area (Å²) in [4.78, 5) is 38.4. The van der Waals surface area contributed by atoms with E-state index in [0.29, 0.717) is 19.3 Å². The second-order valence-corrected chi connectivity index (χ2v) is 24.5. The highest BCUT2D eigenvalue weighted by Crippen LogP contribution is 2.18. The lowest BCUT2D eigenvalue weighted by Gasteiger charge is -2.18. The van der Waals surface area contributed by atoms with E-state index in [0.717, 1.165) is 70.6 Å². The van der Waals surface area contributed by atoms with Gasteiger partial charge in [0.1, 0.15) is 13.2 Å². The molecule has 0 aliphatic rings. The Labute approximate surface area is 505 Å². The van der Waals surface area contributed by atoms with E-state index in [4.69, 9.17) is 14.2 Å². The fraction of sp³-hybridized carbons (Fsp3) is 0.853. The summed E-state index contributed by atoms with van der Waals surface area (Å²) in [7, 11) is 0. The third-order valence-electron chi connectivity index (χ3n) is 16.3. The number of unbranched alkanes of at least 4 members (excludes halogenated alkanes) is 48. The molecule has 0 spiro atoms. The number of rotatable bonds is 67. The zero-order valence-corrected chi connectivity index (χ0v) is 54.6. The van der Waals surface area contributed by atoms with Gasteiger partial charge in [-0.1, -0.05) is 339 Å². The Morgan fingerprint density at radius 3 is 0.704 bits per heavy atom. The SMILES string of the molecule is CCCCCCC/C=C\C/C=C\C/C=C\CCCCCCCCCCCCC(=O)OC(COC(=O)CCCCCCCCCCCCC)COC(=O)CCCCCCCCCCCCCCCCC/C=C\CCCCCCCCCC. The molecular weight excluding hydrogens is 997 g/mol. The Morgan fingerprint density at radius 2 is 0.444 bits per heavy atom. The average Bonchev–Trinajstić information content (AvgIpc) is 3.47. The van der Waals surface area contributed by atoms with Crippen LogP contribution in [0.15, 0.2) is 48.6 Å². The van der Waals surface area contributed by atoms with Crippen molar-refractivity contribution in [2.24, 2.45) is 0 Å². The van der Waals surface area contributed by atoms with Gasteiger partial charge < -0.3 is 14.2 Å². The molecule has 474 valence electrons. The Kier molecular flexibility index (Phi) is 67.6. The zero-order chi connectivity index (χ0) is 58.5. The van der Waals surface area contributed by atoms with Gasteiger partial charge in [0.15, 0.2) is 6.10 Å². The second-order valence-electron chi connectivity index (χ2n) is 24.5. The Bertz CT molecular complexity index is 1400. The van der Waals surface area contributed by atoms with Gasteiger partial charge in [-0.05, 0) is 83.5 Å². The second kappa shape index (κ2) is 69.9. The molecule has 0 aromatic carbocycles. The highest BCUT2D eigenvalue weighted by atomic mass is 16.6. The predicted octanol–water partition coefficient (Wildman–Crippen LogP) is 24.9. The van der Waals surface area contributed by atoms with Crippen molar-refractivity contribution < 1.29 is 28.6 Å². The van der Waals surface area contributed by atoms with Gasteiger partial charge in [0.05, 0.1) is 0 Å².